The smallest absolute Gasteiger partial charge is 0.182 e. The molecule has 2 rings (SSSR count). The third-order valence-electron chi connectivity index (χ3n) is 2.41. The molecule has 88 valence electrons. The van der Waals surface area contributed by atoms with Gasteiger partial charge in [0.05, 0.1) is 7.11 Å². The fourth-order valence-corrected chi connectivity index (χ4v) is 1.87. The first-order valence-corrected chi connectivity index (χ1v) is 5.70. The van der Waals surface area contributed by atoms with Crippen molar-refractivity contribution in [2.24, 2.45) is 0 Å². The number of aryl methyl sites for hydroxylation is 1. The van der Waals surface area contributed by atoms with E-state index in [0.29, 0.717) is 16.5 Å². The lowest BCUT2D eigenvalue weighted by atomic mass is 10.1. The number of hydrogen-bond acceptors (Lipinski definition) is 3. The van der Waals surface area contributed by atoms with Crippen LogP contribution < -0.4 is 4.74 Å². The molecule has 0 spiro atoms. The molecule has 0 aliphatic carbocycles. The van der Waals surface area contributed by atoms with Crippen molar-refractivity contribution in [2.45, 2.75) is 6.92 Å². The molecule has 1 aromatic heterocycles. The van der Waals surface area contributed by atoms with E-state index in [9.17, 15) is 0 Å². The fraction of sp³-hybridized carbons (Fsp3) is 0.167. The van der Waals surface area contributed by atoms with Crippen LogP contribution in [-0.4, -0.2) is 17.1 Å². The molecule has 17 heavy (non-hydrogen) atoms. The van der Waals surface area contributed by atoms with Crippen LogP contribution in [0.5, 0.6) is 5.75 Å². The van der Waals surface area contributed by atoms with Gasteiger partial charge in [-0.15, -0.1) is 0 Å². The normalized spacial score (nSPS) is 10.4. The van der Waals surface area contributed by atoms with E-state index in [4.69, 9.17) is 27.9 Å². The van der Waals surface area contributed by atoms with Gasteiger partial charge >= 0.3 is 0 Å². The number of hydrogen-bond donors (Lipinski definition) is 0. The van der Waals surface area contributed by atoms with Crippen LogP contribution in [0.4, 0.5) is 0 Å². The molecule has 0 N–H and O–H groups in total. The number of halogens is 2. The van der Waals surface area contributed by atoms with E-state index in [2.05, 4.69) is 9.97 Å². The van der Waals surface area contributed by atoms with E-state index >= 15 is 0 Å². The zero-order valence-electron chi connectivity index (χ0n) is 9.37. The number of nitrogens with zero attached hydrogens (tertiary/aromatic N) is 2. The standard InChI is InChI=1S/C12H10Cl2N2O/c1-7-3-4-8(5-9(7)13)10-11(17-2)12(14)16-6-15-10/h3-6H,1-2H3. The van der Waals surface area contributed by atoms with Crippen molar-refractivity contribution in [1.29, 1.82) is 0 Å². The van der Waals surface area contributed by atoms with Crippen LogP contribution in [0.2, 0.25) is 10.2 Å². The predicted molar refractivity (Wildman–Crippen MR) is 68.8 cm³/mol. The van der Waals surface area contributed by atoms with Crippen molar-refractivity contribution in [1.82, 2.24) is 9.97 Å². The third kappa shape index (κ3) is 2.35. The molecular formula is C12H10Cl2N2O. The van der Waals surface area contributed by atoms with Crippen LogP contribution in [0.25, 0.3) is 11.3 Å². The second kappa shape index (κ2) is 4.90. The highest BCUT2D eigenvalue weighted by atomic mass is 35.5. The molecule has 0 atom stereocenters. The average Bonchev–Trinajstić information content (AvgIpc) is 2.32. The molecule has 2 aromatic rings. The summed E-state index contributed by atoms with van der Waals surface area (Å²) in [6, 6.07) is 5.67. The van der Waals surface area contributed by atoms with E-state index in [0.717, 1.165) is 11.1 Å². The van der Waals surface area contributed by atoms with Crippen LogP contribution >= 0.6 is 23.2 Å². The highest BCUT2D eigenvalue weighted by Gasteiger charge is 2.12. The summed E-state index contributed by atoms with van der Waals surface area (Å²) in [5.74, 6) is 0.453. The number of aromatic nitrogens is 2. The molecule has 0 fully saturated rings. The summed E-state index contributed by atoms with van der Waals surface area (Å²) in [7, 11) is 1.53. The second-order valence-corrected chi connectivity index (χ2v) is 4.28. The van der Waals surface area contributed by atoms with Gasteiger partial charge in [-0.1, -0.05) is 35.3 Å². The summed E-state index contributed by atoms with van der Waals surface area (Å²) in [5.41, 5.74) is 2.49. The molecule has 3 nitrogen and oxygen atoms in total. The van der Waals surface area contributed by atoms with Crippen molar-refractivity contribution in [3.63, 3.8) is 0 Å². The fourth-order valence-electron chi connectivity index (χ4n) is 1.48. The molecular weight excluding hydrogens is 259 g/mol. The van der Waals surface area contributed by atoms with Gasteiger partial charge in [0.25, 0.3) is 0 Å². The molecule has 0 saturated carbocycles. The Morgan fingerprint density at radius 3 is 2.59 bits per heavy atom. The number of ether oxygens (including phenoxy) is 1. The summed E-state index contributed by atoms with van der Waals surface area (Å²) in [6.07, 6.45) is 1.40. The van der Waals surface area contributed by atoms with Gasteiger partial charge in [-0.2, -0.15) is 0 Å². The van der Waals surface area contributed by atoms with Gasteiger partial charge in [-0.05, 0) is 18.6 Å². The average molecular weight is 269 g/mol. The van der Waals surface area contributed by atoms with Crippen LogP contribution in [0.1, 0.15) is 5.56 Å². The highest BCUT2D eigenvalue weighted by Crippen LogP contribution is 2.34. The molecule has 0 bridgehead atoms. The number of benzene rings is 1. The Bertz CT molecular complexity index is 558. The second-order valence-electron chi connectivity index (χ2n) is 3.51. The first-order valence-electron chi connectivity index (χ1n) is 4.94. The topological polar surface area (TPSA) is 35.0 Å². The van der Waals surface area contributed by atoms with E-state index < -0.39 is 0 Å². The van der Waals surface area contributed by atoms with E-state index in [1.54, 1.807) is 0 Å². The maximum atomic E-state index is 6.08. The summed E-state index contributed by atoms with van der Waals surface area (Å²) in [6.45, 7) is 1.94. The van der Waals surface area contributed by atoms with Gasteiger partial charge in [0.15, 0.2) is 10.9 Å². The Morgan fingerprint density at radius 1 is 1.18 bits per heavy atom. The quantitative estimate of drug-likeness (QED) is 0.778. The largest absolute Gasteiger partial charge is 0.491 e. The number of rotatable bonds is 2. The van der Waals surface area contributed by atoms with Crippen molar-refractivity contribution in [3.8, 4) is 17.0 Å². The van der Waals surface area contributed by atoms with Crippen molar-refractivity contribution < 1.29 is 4.74 Å². The van der Waals surface area contributed by atoms with Gasteiger partial charge in [0, 0.05) is 10.6 Å². The Labute approximate surface area is 109 Å². The lowest BCUT2D eigenvalue weighted by molar-refractivity contribution is 0.413. The molecule has 1 aromatic carbocycles. The lowest BCUT2D eigenvalue weighted by Crippen LogP contribution is -1.94. The monoisotopic (exact) mass is 268 g/mol. The summed E-state index contributed by atoms with van der Waals surface area (Å²) < 4.78 is 5.20. The first-order chi connectivity index (χ1) is 8.13. The Morgan fingerprint density at radius 2 is 1.94 bits per heavy atom. The Balaban J connectivity index is 2.60. The van der Waals surface area contributed by atoms with E-state index in [1.807, 2.05) is 25.1 Å². The molecule has 1 heterocycles. The van der Waals surface area contributed by atoms with Crippen LogP contribution in [0, 0.1) is 6.92 Å². The van der Waals surface area contributed by atoms with Crippen LogP contribution in [0.15, 0.2) is 24.5 Å². The third-order valence-corrected chi connectivity index (χ3v) is 3.09. The minimum Gasteiger partial charge on any atom is -0.491 e. The van der Waals surface area contributed by atoms with Gasteiger partial charge < -0.3 is 4.74 Å². The SMILES string of the molecule is COc1c(Cl)ncnc1-c1ccc(C)c(Cl)c1. The predicted octanol–water partition coefficient (Wildman–Crippen LogP) is 3.77. The van der Waals surface area contributed by atoms with Gasteiger partial charge in [-0.25, -0.2) is 9.97 Å². The maximum absolute atomic E-state index is 6.08. The van der Waals surface area contributed by atoms with Crippen molar-refractivity contribution >= 4 is 23.2 Å². The Kier molecular flexibility index (Phi) is 3.50. The molecule has 0 aliphatic rings. The molecule has 0 unspecified atom stereocenters. The molecule has 0 amide bonds. The van der Waals surface area contributed by atoms with Crippen molar-refractivity contribution in [3.05, 3.63) is 40.3 Å². The summed E-state index contributed by atoms with van der Waals surface area (Å²) in [5, 5.41) is 0.966. The molecule has 0 aliphatic heterocycles. The summed E-state index contributed by atoms with van der Waals surface area (Å²) >= 11 is 12.0. The first kappa shape index (κ1) is 12.1. The van der Waals surface area contributed by atoms with E-state index in [-0.39, 0.29) is 5.15 Å². The van der Waals surface area contributed by atoms with Crippen LogP contribution in [-0.2, 0) is 0 Å². The van der Waals surface area contributed by atoms with Gasteiger partial charge in [0.2, 0.25) is 0 Å². The molecule has 5 heteroatoms. The van der Waals surface area contributed by atoms with Gasteiger partial charge in [0.1, 0.15) is 12.0 Å². The Hall–Kier alpha value is -1.32. The minimum absolute atomic E-state index is 0.286. The summed E-state index contributed by atoms with van der Waals surface area (Å²) in [4.78, 5) is 8.04. The number of methoxy groups -OCH3 is 1. The minimum atomic E-state index is 0.286. The van der Waals surface area contributed by atoms with Gasteiger partial charge in [-0.3, -0.25) is 0 Å². The zero-order chi connectivity index (χ0) is 12.4. The lowest BCUT2D eigenvalue weighted by Gasteiger charge is -2.09. The van der Waals surface area contributed by atoms with E-state index in [1.165, 1.54) is 13.4 Å². The maximum Gasteiger partial charge on any atom is 0.182 e. The molecule has 0 radical (unpaired) electrons. The molecule has 0 saturated heterocycles. The highest BCUT2D eigenvalue weighted by molar-refractivity contribution is 6.32. The van der Waals surface area contributed by atoms with Crippen molar-refractivity contribution in [2.75, 3.05) is 7.11 Å². The van der Waals surface area contributed by atoms with Crippen LogP contribution in [0.3, 0.4) is 0 Å². The zero-order valence-corrected chi connectivity index (χ0v) is 10.9.